The van der Waals surface area contributed by atoms with Crippen LogP contribution in [0.25, 0.3) is 5.57 Å². The molecule has 1 fully saturated rings. The van der Waals surface area contributed by atoms with Crippen LogP contribution in [0, 0.1) is 12.8 Å². The fourth-order valence-electron chi connectivity index (χ4n) is 3.17. The lowest BCUT2D eigenvalue weighted by molar-refractivity contribution is 0.868. The second-order valence-electron chi connectivity index (χ2n) is 6.18. The van der Waals surface area contributed by atoms with Gasteiger partial charge in [0.15, 0.2) is 0 Å². The molecule has 106 valence electrons. The summed E-state index contributed by atoms with van der Waals surface area (Å²) >= 11 is 0. The highest BCUT2D eigenvalue weighted by Crippen LogP contribution is 2.40. The average Bonchev–Trinajstić information content (AvgIpc) is 3.01. The van der Waals surface area contributed by atoms with E-state index in [4.69, 9.17) is 0 Å². The Morgan fingerprint density at radius 3 is 2.52 bits per heavy atom. The van der Waals surface area contributed by atoms with Gasteiger partial charge in [0.25, 0.3) is 0 Å². The van der Waals surface area contributed by atoms with Crippen LogP contribution in [0.5, 0.6) is 0 Å². The Balaban J connectivity index is 1.77. The molecule has 3 rings (SSSR count). The van der Waals surface area contributed by atoms with Gasteiger partial charge in [-0.05, 0) is 53.2 Å². The predicted octanol–water partition coefficient (Wildman–Crippen LogP) is 5.79. The summed E-state index contributed by atoms with van der Waals surface area (Å²) in [5, 5.41) is 0. The third kappa shape index (κ3) is 2.58. The number of benzene rings is 1. The normalized spacial score (nSPS) is 23.7. The van der Waals surface area contributed by atoms with Crippen LogP contribution in [0.2, 0.25) is 0 Å². The van der Waals surface area contributed by atoms with E-state index in [9.17, 15) is 0 Å². The van der Waals surface area contributed by atoms with Gasteiger partial charge in [0.05, 0.1) is 0 Å². The Kier molecular flexibility index (Phi) is 3.55. The summed E-state index contributed by atoms with van der Waals surface area (Å²) in [6.45, 7) is 12.8. The van der Waals surface area contributed by atoms with Crippen LogP contribution >= 0.6 is 0 Å². The van der Waals surface area contributed by atoms with Crippen molar-refractivity contribution in [3.05, 3.63) is 89.1 Å². The van der Waals surface area contributed by atoms with Crippen LogP contribution in [0.1, 0.15) is 30.9 Å². The van der Waals surface area contributed by atoms with E-state index < -0.39 is 0 Å². The second-order valence-corrected chi connectivity index (χ2v) is 6.18. The molecule has 2 aliphatic rings. The van der Waals surface area contributed by atoms with Gasteiger partial charge >= 0.3 is 0 Å². The van der Waals surface area contributed by atoms with Crippen LogP contribution < -0.4 is 0 Å². The van der Waals surface area contributed by atoms with Crippen LogP contribution in [0.4, 0.5) is 0 Å². The van der Waals surface area contributed by atoms with Gasteiger partial charge < -0.3 is 0 Å². The molecular formula is C21H22. The Labute approximate surface area is 127 Å². The van der Waals surface area contributed by atoms with Gasteiger partial charge in [-0.2, -0.15) is 0 Å². The first-order chi connectivity index (χ1) is 10.1. The minimum Gasteiger partial charge on any atom is -0.0989 e. The molecule has 0 nitrogen and oxygen atoms in total. The Morgan fingerprint density at radius 2 is 1.86 bits per heavy atom. The van der Waals surface area contributed by atoms with Crippen molar-refractivity contribution in [1.82, 2.24) is 0 Å². The van der Waals surface area contributed by atoms with Crippen molar-refractivity contribution in [3.8, 4) is 0 Å². The van der Waals surface area contributed by atoms with Crippen molar-refractivity contribution in [2.75, 3.05) is 0 Å². The van der Waals surface area contributed by atoms with Gasteiger partial charge in [-0.15, -0.1) is 0 Å². The van der Waals surface area contributed by atoms with Crippen molar-refractivity contribution >= 4 is 5.57 Å². The fourth-order valence-corrected chi connectivity index (χ4v) is 3.17. The lowest BCUT2D eigenvalue weighted by Crippen LogP contribution is -1.90. The summed E-state index contributed by atoms with van der Waals surface area (Å²) in [6.07, 6.45) is 8.82. The first-order valence-corrected chi connectivity index (χ1v) is 7.59. The molecule has 0 spiro atoms. The van der Waals surface area contributed by atoms with E-state index in [1.165, 1.54) is 39.0 Å². The largest absolute Gasteiger partial charge is 0.0989 e. The van der Waals surface area contributed by atoms with E-state index in [1.807, 2.05) is 0 Å². The summed E-state index contributed by atoms with van der Waals surface area (Å²) in [5.41, 5.74) is 9.39. The van der Waals surface area contributed by atoms with Gasteiger partial charge in [-0.1, -0.05) is 68.1 Å². The van der Waals surface area contributed by atoms with E-state index in [0.29, 0.717) is 5.92 Å². The highest BCUT2D eigenvalue weighted by atomic mass is 14.3. The lowest BCUT2D eigenvalue weighted by Gasteiger charge is -2.08. The molecule has 1 aromatic carbocycles. The predicted molar refractivity (Wildman–Crippen MR) is 92.0 cm³/mol. The molecule has 0 saturated heterocycles. The van der Waals surface area contributed by atoms with Gasteiger partial charge in [0, 0.05) is 5.92 Å². The number of hydrogen-bond donors (Lipinski definition) is 0. The van der Waals surface area contributed by atoms with Crippen LogP contribution in [-0.2, 0) is 0 Å². The maximum atomic E-state index is 4.23. The molecular weight excluding hydrogens is 252 g/mol. The molecule has 0 amide bonds. The van der Waals surface area contributed by atoms with Crippen LogP contribution in [0.3, 0.4) is 0 Å². The first-order valence-electron chi connectivity index (χ1n) is 7.59. The highest BCUT2D eigenvalue weighted by Gasteiger charge is 2.23. The third-order valence-electron chi connectivity index (χ3n) is 4.71. The minimum atomic E-state index is 0.432. The number of aryl methyl sites for hydroxylation is 1. The maximum Gasteiger partial charge on any atom is 0.00174 e. The topological polar surface area (TPSA) is 0 Å². The molecule has 1 atom stereocenters. The maximum absolute atomic E-state index is 4.23. The lowest BCUT2D eigenvalue weighted by atomic mass is 9.97. The first kappa shape index (κ1) is 13.9. The number of hydrogen-bond acceptors (Lipinski definition) is 0. The molecule has 0 heteroatoms. The molecule has 1 saturated carbocycles. The summed E-state index contributed by atoms with van der Waals surface area (Å²) < 4.78 is 0. The molecule has 1 aromatic rings. The minimum absolute atomic E-state index is 0.432. The Morgan fingerprint density at radius 1 is 1.10 bits per heavy atom. The number of allylic oxidation sites excluding steroid dienone is 8. The molecule has 0 aliphatic heterocycles. The molecule has 0 heterocycles. The standard InChI is InChI=1S/C21H22/c1-14-7-5-6-8-21(14)19-10-9-18(12-19)13-20-11-15(2)16(3)17(20)4/h5-10,13,16H,2,4,11-12H2,1,3H3. The summed E-state index contributed by atoms with van der Waals surface area (Å²) in [4.78, 5) is 0. The zero-order chi connectivity index (χ0) is 15.0. The van der Waals surface area contributed by atoms with Crippen molar-refractivity contribution < 1.29 is 0 Å². The Hall–Kier alpha value is -2.08. The van der Waals surface area contributed by atoms with E-state index in [0.717, 1.165) is 12.8 Å². The highest BCUT2D eigenvalue weighted by molar-refractivity contribution is 5.75. The zero-order valence-corrected chi connectivity index (χ0v) is 12.9. The fraction of sp³-hybridized carbons (Fsp3) is 0.238. The van der Waals surface area contributed by atoms with E-state index in [1.54, 1.807) is 0 Å². The van der Waals surface area contributed by atoms with Crippen molar-refractivity contribution in [2.45, 2.75) is 26.7 Å². The Bertz CT molecular complexity index is 707. The summed E-state index contributed by atoms with van der Waals surface area (Å²) in [7, 11) is 0. The molecule has 2 aliphatic carbocycles. The SMILES string of the molecule is C=C1CC(=CC2=CC=C(c3ccccc3C)C2)C(=C)C1C. The molecule has 0 radical (unpaired) electrons. The van der Waals surface area contributed by atoms with E-state index in [2.05, 4.69) is 69.5 Å². The van der Waals surface area contributed by atoms with Crippen LogP contribution in [0.15, 0.2) is 77.9 Å². The van der Waals surface area contributed by atoms with Crippen LogP contribution in [-0.4, -0.2) is 0 Å². The zero-order valence-electron chi connectivity index (χ0n) is 12.9. The molecule has 21 heavy (non-hydrogen) atoms. The van der Waals surface area contributed by atoms with Gasteiger partial charge in [0.1, 0.15) is 0 Å². The molecule has 1 unspecified atom stereocenters. The van der Waals surface area contributed by atoms with Crippen molar-refractivity contribution in [2.24, 2.45) is 5.92 Å². The quantitative estimate of drug-likeness (QED) is 0.599. The van der Waals surface area contributed by atoms with Crippen molar-refractivity contribution in [3.63, 3.8) is 0 Å². The van der Waals surface area contributed by atoms with E-state index in [-0.39, 0.29) is 0 Å². The van der Waals surface area contributed by atoms with Gasteiger partial charge in [0.2, 0.25) is 0 Å². The average molecular weight is 274 g/mol. The monoisotopic (exact) mass is 274 g/mol. The number of rotatable bonds is 2. The molecule has 0 aromatic heterocycles. The van der Waals surface area contributed by atoms with Gasteiger partial charge in [-0.25, -0.2) is 0 Å². The molecule has 0 N–H and O–H groups in total. The van der Waals surface area contributed by atoms with Crippen molar-refractivity contribution in [1.29, 1.82) is 0 Å². The van der Waals surface area contributed by atoms with E-state index >= 15 is 0 Å². The summed E-state index contributed by atoms with van der Waals surface area (Å²) in [5.74, 6) is 0.432. The molecule has 0 bridgehead atoms. The third-order valence-corrected chi connectivity index (χ3v) is 4.71. The summed E-state index contributed by atoms with van der Waals surface area (Å²) in [6, 6.07) is 8.60. The second kappa shape index (κ2) is 5.37. The smallest absolute Gasteiger partial charge is 0.00174 e. The van der Waals surface area contributed by atoms with Gasteiger partial charge in [-0.3, -0.25) is 0 Å².